The molecule has 0 aliphatic rings. The summed E-state index contributed by atoms with van der Waals surface area (Å²) in [6.45, 7) is 8.50. The highest BCUT2D eigenvalue weighted by Crippen LogP contribution is 2.65. The normalized spacial score (nSPS) is 18.5. The lowest BCUT2D eigenvalue weighted by Crippen LogP contribution is -2.10. The fourth-order valence-corrected chi connectivity index (χ4v) is 8.05. The Bertz CT molecular complexity index is 150. The van der Waals surface area contributed by atoms with Gasteiger partial charge >= 0.3 is 0 Å². The Kier molecular flexibility index (Phi) is 4.29. The van der Waals surface area contributed by atoms with Crippen LogP contribution in [0.2, 0.25) is 0 Å². The molecule has 0 radical (unpaired) electrons. The van der Waals surface area contributed by atoms with Crippen LogP contribution < -0.4 is 0 Å². The van der Waals surface area contributed by atoms with E-state index in [1.807, 2.05) is 6.66 Å². The van der Waals surface area contributed by atoms with Crippen molar-refractivity contribution in [1.82, 2.24) is 0 Å². The molecule has 10 heavy (non-hydrogen) atoms. The van der Waals surface area contributed by atoms with Crippen molar-refractivity contribution < 1.29 is 0 Å². The van der Waals surface area contributed by atoms with Crippen LogP contribution >= 0.6 is 27.2 Å². The van der Waals surface area contributed by atoms with Gasteiger partial charge in [-0.3, -0.25) is 0 Å². The van der Waals surface area contributed by atoms with Crippen LogP contribution in [-0.2, 0) is 11.8 Å². The summed E-state index contributed by atoms with van der Waals surface area (Å²) in [5.74, 6) is 0. The van der Waals surface area contributed by atoms with Crippen LogP contribution in [0.5, 0.6) is 0 Å². The number of hydrogen-bond donors (Lipinski definition) is 0. The van der Waals surface area contributed by atoms with Crippen molar-refractivity contribution in [2.75, 3.05) is 6.66 Å². The van der Waals surface area contributed by atoms with Crippen molar-refractivity contribution >= 4 is 39.0 Å². The van der Waals surface area contributed by atoms with Gasteiger partial charge in [-0.25, -0.2) is 0 Å². The SMILES string of the molecule is CCC(C)(C)SP(C)(=S)Cl. The lowest BCUT2D eigenvalue weighted by molar-refractivity contribution is 0.690. The van der Waals surface area contributed by atoms with E-state index in [0.29, 0.717) is 0 Å². The molecule has 0 amide bonds. The summed E-state index contributed by atoms with van der Waals surface area (Å²) < 4.78 is -1.33. The van der Waals surface area contributed by atoms with E-state index in [4.69, 9.17) is 23.0 Å². The average Bonchev–Trinajstić information content (AvgIpc) is 1.60. The first kappa shape index (κ1) is 11.3. The largest absolute Gasteiger partial charge is 0.103 e. The summed E-state index contributed by atoms with van der Waals surface area (Å²) in [6, 6.07) is 0. The minimum atomic E-state index is -1.58. The lowest BCUT2D eigenvalue weighted by Gasteiger charge is -2.24. The maximum atomic E-state index is 5.99. The van der Waals surface area contributed by atoms with Gasteiger partial charge in [0.05, 0.1) is 4.59 Å². The smallest absolute Gasteiger partial charge is 0.0865 e. The third kappa shape index (κ3) is 6.03. The number of rotatable bonds is 3. The summed E-state index contributed by atoms with van der Waals surface area (Å²) in [5, 5.41) is 0. The van der Waals surface area contributed by atoms with Crippen LogP contribution in [-0.4, -0.2) is 11.4 Å². The van der Waals surface area contributed by atoms with E-state index in [1.54, 1.807) is 11.4 Å². The van der Waals surface area contributed by atoms with E-state index < -0.39 is 4.59 Å². The van der Waals surface area contributed by atoms with Crippen molar-refractivity contribution in [1.29, 1.82) is 0 Å². The molecule has 4 heteroatoms. The van der Waals surface area contributed by atoms with Crippen molar-refractivity contribution in [2.24, 2.45) is 0 Å². The molecule has 0 bridgehead atoms. The van der Waals surface area contributed by atoms with E-state index in [9.17, 15) is 0 Å². The molecule has 0 aliphatic heterocycles. The van der Waals surface area contributed by atoms with Crippen LogP contribution in [0.3, 0.4) is 0 Å². The second kappa shape index (κ2) is 3.80. The van der Waals surface area contributed by atoms with Gasteiger partial charge < -0.3 is 0 Å². The summed E-state index contributed by atoms with van der Waals surface area (Å²) in [7, 11) is 0. The second-order valence-corrected chi connectivity index (χ2v) is 14.6. The van der Waals surface area contributed by atoms with Crippen molar-refractivity contribution in [3.8, 4) is 0 Å². The van der Waals surface area contributed by atoms with Gasteiger partial charge in [0.25, 0.3) is 0 Å². The van der Waals surface area contributed by atoms with Crippen LogP contribution in [0.15, 0.2) is 0 Å². The first-order valence-electron chi connectivity index (χ1n) is 3.25. The van der Waals surface area contributed by atoms with Crippen molar-refractivity contribution in [3.05, 3.63) is 0 Å². The molecule has 0 aromatic heterocycles. The van der Waals surface area contributed by atoms with Crippen LogP contribution in [0.1, 0.15) is 27.2 Å². The molecule has 0 saturated heterocycles. The van der Waals surface area contributed by atoms with E-state index in [-0.39, 0.29) is 4.75 Å². The zero-order valence-corrected chi connectivity index (χ0v) is 10.1. The van der Waals surface area contributed by atoms with Gasteiger partial charge in [0, 0.05) is 4.75 Å². The third-order valence-electron chi connectivity index (χ3n) is 1.26. The molecule has 0 N–H and O–H groups in total. The van der Waals surface area contributed by atoms with Gasteiger partial charge in [0.2, 0.25) is 0 Å². The molecule has 0 saturated carbocycles. The van der Waals surface area contributed by atoms with Gasteiger partial charge in [0.15, 0.2) is 0 Å². The molecular weight excluding hydrogens is 203 g/mol. The van der Waals surface area contributed by atoms with Gasteiger partial charge in [-0.2, -0.15) is 0 Å². The fraction of sp³-hybridized carbons (Fsp3) is 1.00. The quantitative estimate of drug-likeness (QED) is 0.652. The predicted octanol–water partition coefficient (Wildman–Crippen LogP) is 4.09. The maximum absolute atomic E-state index is 5.99. The highest BCUT2D eigenvalue weighted by molar-refractivity contribution is 8.78. The van der Waals surface area contributed by atoms with E-state index in [0.717, 1.165) is 6.42 Å². The van der Waals surface area contributed by atoms with E-state index in [2.05, 4.69) is 20.8 Å². The van der Waals surface area contributed by atoms with Gasteiger partial charge in [-0.1, -0.05) is 43.8 Å². The summed E-state index contributed by atoms with van der Waals surface area (Å²) in [5.41, 5.74) is 0. The molecule has 0 aromatic carbocycles. The van der Waals surface area contributed by atoms with E-state index >= 15 is 0 Å². The number of hydrogen-bond acceptors (Lipinski definition) is 2. The predicted molar refractivity (Wildman–Crippen MR) is 58.0 cm³/mol. The molecule has 0 rings (SSSR count). The zero-order valence-electron chi connectivity index (χ0n) is 6.85. The van der Waals surface area contributed by atoms with Crippen molar-refractivity contribution in [2.45, 2.75) is 31.9 Å². The minimum absolute atomic E-state index is 0.256. The van der Waals surface area contributed by atoms with Crippen LogP contribution in [0, 0.1) is 0 Å². The molecular formula is C6H14ClPS2. The summed E-state index contributed by atoms with van der Waals surface area (Å²) in [6.07, 6.45) is 1.12. The molecule has 0 aliphatic carbocycles. The Morgan fingerprint density at radius 3 is 2.10 bits per heavy atom. The summed E-state index contributed by atoms with van der Waals surface area (Å²) >= 11 is 12.9. The standard InChI is InChI=1S/C6H14ClPS2/c1-5-6(2,3)10-8(4,7)9/h5H2,1-4H3. The van der Waals surface area contributed by atoms with Crippen LogP contribution in [0.4, 0.5) is 0 Å². The zero-order chi connectivity index (χ0) is 8.41. The van der Waals surface area contributed by atoms with Crippen molar-refractivity contribution in [3.63, 3.8) is 0 Å². The molecule has 0 spiro atoms. The Labute approximate surface area is 77.7 Å². The fourth-order valence-electron chi connectivity index (χ4n) is 0.506. The number of halogens is 1. The third-order valence-corrected chi connectivity index (χ3v) is 6.12. The summed E-state index contributed by atoms with van der Waals surface area (Å²) in [4.78, 5) is 0. The topological polar surface area (TPSA) is 0 Å². The van der Waals surface area contributed by atoms with Gasteiger partial charge in [0.1, 0.15) is 0 Å². The second-order valence-electron chi connectivity index (χ2n) is 2.95. The first-order valence-corrected chi connectivity index (χ1v) is 8.82. The Morgan fingerprint density at radius 1 is 1.60 bits per heavy atom. The minimum Gasteiger partial charge on any atom is -0.103 e. The Balaban J connectivity index is 4.02. The molecule has 1 atom stereocenters. The monoisotopic (exact) mass is 216 g/mol. The lowest BCUT2D eigenvalue weighted by atomic mass is 10.1. The molecule has 0 aromatic rings. The first-order chi connectivity index (χ1) is 4.27. The van der Waals surface area contributed by atoms with E-state index in [1.165, 1.54) is 0 Å². The molecule has 0 nitrogen and oxygen atoms in total. The maximum Gasteiger partial charge on any atom is 0.0865 e. The van der Waals surface area contributed by atoms with Gasteiger partial charge in [-0.15, -0.1) is 11.4 Å². The highest BCUT2D eigenvalue weighted by Gasteiger charge is 2.21. The van der Waals surface area contributed by atoms with Crippen LogP contribution in [0.25, 0.3) is 0 Å². The van der Waals surface area contributed by atoms with Gasteiger partial charge in [-0.05, 0) is 13.1 Å². The average molecular weight is 217 g/mol. The molecule has 0 heterocycles. The Hall–Kier alpha value is 1.29. The highest BCUT2D eigenvalue weighted by atomic mass is 35.7. The molecule has 62 valence electrons. The molecule has 0 fully saturated rings. The molecule has 1 unspecified atom stereocenters. The Morgan fingerprint density at radius 2 is 2.00 bits per heavy atom.